The van der Waals surface area contributed by atoms with Crippen LogP contribution in [-0.4, -0.2) is 50.3 Å². The van der Waals surface area contributed by atoms with Crippen LogP contribution in [0.4, 0.5) is 0 Å². The van der Waals surface area contributed by atoms with E-state index in [0.29, 0.717) is 43.6 Å². The fraction of sp³-hybridized carbons (Fsp3) is 0.231. The van der Waals surface area contributed by atoms with E-state index in [1.807, 2.05) is 42.5 Å². The van der Waals surface area contributed by atoms with Crippen molar-refractivity contribution in [3.8, 4) is 0 Å². The molecule has 2 aromatic carbocycles. The third-order valence-electron chi connectivity index (χ3n) is 5.79. The van der Waals surface area contributed by atoms with Crippen LogP contribution >= 0.6 is 0 Å². The molecule has 3 aromatic rings. The van der Waals surface area contributed by atoms with E-state index < -0.39 is 12.0 Å². The molecule has 0 spiro atoms. The number of carbonyl (C=O) groups excluding carboxylic acids is 2. The summed E-state index contributed by atoms with van der Waals surface area (Å²) < 4.78 is 0. The fourth-order valence-corrected chi connectivity index (χ4v) is 4.08. The minimum Gasteiger partial charge on any atom is -0.480 e. The highest BCUT2D eigenvalue weighted by atomic mass is 16.4. The maximum atomic E-state index is 13.2. The van der Waals surface area contributed by atoms with Gasteiger partial charge in [0.05, 0.1) is 5.56 Å². The molecule has 2 amide bonds. The molecule has 7 heteroatoms. The maximum Gasteiger partial charge on any atom is 0.326 e. The molecule has 1 aliphatic rings. The number of pyridine rings is 1. The quantitative estimate of drug-likeness (QED) is 0.602. The number of carboxylic acid groups (broad SMARTS) is 1. The number of nitrogens with zero attached hydrogens (tertiary/aromatic N) is 3. The van der Waals surface area contributed by atoms with Gasteiger partial charge < -0.3 is 14.9 Å². The topological polar surface area (TPSA) is 90.8 Å². The third kappa shape index (κ3) is 5.26. The molecule has 7 nitrogen and oxygen atoms in total. The molecule has 1 atom stereocenters. The van der Waals surface area contributed by atoms with Crippen molar-refractivity contribution < 1.29 is 19.5 Å². The van der Waals surface area contributed by atoms with Crippen LogP contribution in [0.15, 0.2) is 79.1 Å². The summed E-state index contributed by atoms with van der Waals surface area (Å²) in [4.78, 5) is 44.6. The van der Waals surface area contributed by atoms with Crippen LogP contribution in [0.5, 0.6) is 0 Å². The minimum absolute atomic E-state index is 0.131. The van der Waals surface area contributed by atoms with Crippen LogP contribution in [0.2, 0.25) is 0 Å². The first-order chi connectivity index (χ1) is 16.0. The number of aromatic nitrogens is 1. The van der Waals surface area contributed by atoms with E-state index >= 15 is 0 Å². The van der Waals surface area contributed by atoms with Gasteiger partial charge in [0.25, 0.3) is 11.8 Å². The van der Waals surface area contributed by atoms with Crippen molar-refractivity contribution in [2.45, 2.75) is 32.0 Å². The molecule has 2 heterocycles. The van der Waals surface area contributed by atoms with Crippen LogP contribution in [0, 0.1) is 0 Å². The van der Waals surface area contributed by atoms with Gasteiger partial charge in [0, 0.05) is 37.6 Å². The summed E-state index contributed by atoms with van der Waals surface area (Å²) in [6, 6.07) is 19.5. The predicted octanol–water partition coefficient (Wildman–Crippen LogP) is 3.61. The van der Waals surface area contributed by atoms with Crippen molar-refractivity contribution >= 4 is 17.8 Å². The monoisotopic (exact) mass is 443 g/mol. The highest BCUT2D eigenvalue weighted by molar-refractivity contribution is 5.97. The van der Waals surface area contributed by atoms with Crippen LogP contribution in [0.25, 0.3) is 0 Å². The number of carbonyl (C=O) groups is 3. The normalized spacial score (nSPS) is 15.3. The molecule has 1 aliphatic heterocycles. The molecule has 4 rings (SSSR count). The van der Waals surface area contributed by atoms with E-state index in [2.05, 4.69) is 4.98 Å². The lowest BCUT2D eigenvalue weighted by Crippen LogP contribution is -2.40. The van der Waals surface area contributed by atoms with Crippen molar-refractivity contribution in [2.75, 3.05) is 6.54 Å². The van der Waals surface area contributed by atoms with Crippen molar-refractivity contribution in [1.82, 2.24) is 14.8 Å². The Morgan fingerprint density at radius 2 is 1.61 bits per heavy atom. The summed E-state index contributed by atoms with van der Waals surface area (Å²) in [6.45, 7) is 1.24. The molecule has 0 saturated carbocycles. The average molecular weight is 444 g/mol. The second-order valence-corrected chi connectivity index (χ2v) is 8.08. The number of aliphatic carboxylic acids is 1. The highest BCUT2D eigenvalue weighted by Gasteiger charge is 2.34. The Morgan fingerprint density at radius 3 is 2.24 bits per heavy atom. The maximum absolute atomic E-state index is 13.2. The van der Waals surface area contributed by atoms with Gasteiger partial charge in [-0.2, -0.15) is 0 Å². The molecular weight excluding hydrogens is 418 g/mol. The Labute approximate surface area is 192 Å². The van der Waals surface area contributed by atoms with Gasteiger partial charge in [-0.05, 0) is 48.2 Å². The fourth-order valence-electron chi connectivity index (χ4n) is 4.08. The number of carboxylic acids is 1. The van der Waals surface area contributed by atoms with E-state index in [0.717, 1.165) is 11.1 Å². The summed E-state index contributed by atoms with van der Waals surface area (Å²) in [5, 5.41) is 9.35. The first-order valence-electron chi connectivity index (χ1n) is 10.9. The van der Waals surface area contributed by atoms with Crippen LogP contribution in [0.3, 0.4) is 0 Å². The number of benzene rings is 2. The van der Waals surface area contributed by atoms with E-state index in [1.165, 1.54) is 4.90 Å². The molecule has 1 N–H and O–H groups in total. The van der Waals surface area contributed by atoms with Crippen molar-refractivity contribution in [1.29, 1.82) is 0 Å². The molecule has 0 unspecified atom stereocenters. The Morgan fingerprint density at radius 1 is 0.909 bits per heavy atom. The first-order valence-corrected chi connectivity index (χ1v) is 10.9. The molecule has 0 aliphatic carbocycles. The van der Waals surface area contributed by atoms with Gasteiger partial charge in [-0.25, -0.2) is 4.79 Å². The van der Waals surface area contributed by atoms with Crippen LogP contribution < -0.4 is 0 Å². The third-order valence-corrected chi connectivity index (χ3v) is 5.79. The lowest BCUT2D eigenvalue weighted by atomic mass is 10.1. The van der Waals surface area contributed by atoms with E-state index in [9.17, 15) is 19.5 Å². The largest absolute Gasteiger partial charge is 0.480 e. The average Bonchev–Trinajstić information content (AvgIpc) is 3.35. The summed E-state index contributed by atoms with van der Waals surface area (Å²) in [7, 11) is 0. The number of rotatable bonds is 7. The number of hydrogen-bond acceptors (Lipinski definition) is 4. The summed E-state index contributed by atoms with van der Waals surface area (Å²) in [6.07, 6.45) is 4.34. The van der Waals surface area contributed by atoms with Gasteiger partial charge in [0.15, 0.2) is 0 Å². The second-order valence-electron chi connectivity index (χ2n) is 8.08. The van der Waals surface area contributed by atoms with Gasteiger partial charge in [-0.3, -0.25) is 14.6 Å². The van der Waals surface area contributed by atoms with Crippen LogP contribution in [0.1, 0.15) is 44.7 Å². The van der Waals surface area contributed by atoms with Gasteiger partial charge in [-0.1, -0.05) is 42.5 Å². The van der Waals surface area contributed by atoms with E-state index in [-0.39, 0.29) is 11.8 Å². The Balaban J connectivity index is 1.52. The lowest BCUT2D eigenvalue weighted by Gasteiger charge is -2.24. The SMILES string of the molecule is O=C(O)[C@H]1CCCN1C(=O)c1ccc(CN(Cc2ccccc2)C(=O)c2cccnc2)cc1. The van der Waals surface area contributed by atoms with Crippen molar-refractivity contribution in [3.63, 3.8) is 0 Å². The smallest absolute Gasteiger partial charge is 0.326 e. The summed E-state index contributed by atoms with van der Waals surface area (Å²) >= 11 is 0. The molecule has 168 valence electrons. The second kappa shape index (κ2) is 10.1. The number of likely N-dealkylation sites (tertiary alicyclic amines) is 1. The van der Waals surface area contributed by atoms with Crippen molar-refractivity contribution in [3.05, 3.63) is 101 Å². The molecule has 1 fully saturated rings. The number of hydrogen-bond donors (Lipinski definition) is 1. The predicted molar refractivity (Wildman–Crippen MR) is 122 cm³/mol. The zero-order valence-electron chi connectivity index (χ0n) is 18.1. The zero-order chi connectivity index (χ0) is 23.2. The van der Waals surface area contributed by atoms with Crippen molar-refractivity contribution in [2.24, 2.45) is 0 Å². The Hall–Kier alpha value is -4.00. The molecular formula is C26H25N3O4. The summed E-state index contributed by atoms with van der Waals surface area (Å²) in [5.74, 6) is -1.38. The summed E-state index contributed by atoms with van der Waals surface area (Å²) in [5.41, 5.74) is 2.83. The lowest BCUT2D eigenvalue weighted by molar-refractivity contribution is -0.141. The van der Waals surface area contributed by atoms with Gasteiger partial charge >= 0.3 is 5.97 Å². The van der Waals surface area contributed by atoms with Crippen LogP contribution in [-0.2, 0) is 17.9 Å². The first kappa shape index (κ1) is 22.2. The number of amides is 2. The molecule has 33 heavy (non-hydrogen) atoms. The molecule has 1 aromatic heterocycles. The standard InChI is InChI=1S/C26H25N3O4/c30-24(22-8-4-14-27-16-22)28(17-19-6-2-1-3-7-19)18-20-10-12-21(13-11-20)25(31)29-15-5-9-23(29)26(32)33/h1-4,6-8,10-14,16,23H,5,9,15,17-18H2,(H,32,33)/t23-/m1/s1. The Bertz CT molecular complexity index is 1120. The van der Waals surface area contributed by atoms with Gasteiger partial charge in [0.2, 0.25) is 0 Å². The molecule has 0 bridgehead atoms. The molecule has 0 radical (unpaired) electrons. The van der Waals surface area contributed by atoms with E-state index in [1.54, 1.807) is 41.6 Å². The van der Waals surface area contributed by atoms with Gasteiger partial charge in [-0.15, -0.1) is 0 Å². The molecule has 1 saturated heterocycles. The zero-order valence-corrected chi connectivity index (χ0v) is 18.1. The Kier molecular flexibility index (Phi) is 6.78. The minimum atomic E-state index is -0.970. The van der Waals surface area contributed by atoms with E-state index in [4.69, 9.17) is 0 Å². The highest BCUT2D eigenvalue weighted by Crippen LogP contribution is 2.21. The van der Waals surface area contributed by atoms with Gasteiger partial charge in [0.1, 0.15) is 6.04 Å².